The van der Waals surface area contributed by atoms with Crippen LogP contribution in [0.25, 0.3) is 0 Å². The Morgan fingerprint density at radius 2 is 1.70 bits per heavy atom. The molecule has 2 rings (SSSR count). The molecule has 0 heterocycles. The van der Waals surface area contributed by atoms with Crippen molar-refractivity contribution >= 4 is 21.8 Å². The van der Waals surface area contributed by atoms with Crippen molar-refractivity contribution in [3.8, 4) is 0 Å². The summed E-state index contributed by atoms with van der Waals surface area (Å²) < 4.78 is 0.980. The van der Waals surface area contributed by atoms with E-state index >= 15 is 0 Å². The molecule has 0 aliphatic rings. The van der Waals surface area contributed by atoms with Crippen molar-refractivity contribution in [3.05, 3.63) is 69.7 Å². The lowest BCUT2D eigenvalue weighted by Crippen LogP contribution is -2.24. The zero-order valence-corrected chi connectivity index (χ0v) is 13.1. The quantitative estimate of drug-likeness (QED) is 0.820. The van der Waals surface area contributed by atoms with Crippen molar-refractivity contribution in [2.24, 2.45) is 0 Å². The van der Waals surface area contributed by atoms with Crippen molar-refractivity contribution in [2.45, 2.75) is 19.8 Å². The first-order chi connectivity index (χ1) is 9.65. The Morgan fingerprint density at radius 1 is 1.05 bits per heavy atom. The molecular weight excluding hydrogens is 314 g/mol. The largest absolute Gasteiger partial charge is 0.352 e. The summed E-state index contributed by atoms with van der Waals surface area (Å²) in [6.07, 6.45) is 1.94. The predicted molar refractivity (Wildman–Crippen MR) is 86.0 cm³/mol. The number of nitrogens with one attached hydrogen (secondary N) is 1. The molecule has 0 atom stereocenters. The van der Waals surface area contributed by atoms with E-state index in [-0.39, 0.29) is 5.91 Å². The van der Waals surface area contributed by atoms with E-state index in [1.54, 1.807) is 0 Å². The molecule has 0 radical (unpaired) electrons. The van der Waals surface area contributed by atoms with E-state index in [0.29, 0.717) is 12.1 Å². The zero-order chi connectivity index (χ0) is 14.4. The number of halogens is 1. The summed E-state index contributed by atoms with van der Waals surface area (Å²) in [7, 11) is 0. The van der Waals surface area contributed by atoms with Crippen molar-refractivity contribution in [1.82, 2.24) is 5.32 Å². The van der Waals surface area contributed by atoms with E-state index in [9.17, 15) is 4.79 Å². The third kappa shape index (κ3) is 4.49. The van der Waals surface area contributed by atoms with Gasteiger partial charge in [0.2, 0.25) is 0 Å². The number of carbonyl (C=O) groups excluding carboxylic acids is 1. The Morgan fingerprint density at radius 3 is 2.35 bits per heavy atom. The summed E-state index contributed by atoms with van der Waals surface area (Å²) in [5.41, 5.74) is 3.29. The molecule has 2 aromatic carbocycles. The van der Waals surface area contributed by atoms with Crippen LogP contribution in [0, 0.1) is 6.92 Å². The second-order valence-corrected chi connectivity index (χ2v) is 5.77. The minimum Gasteiger partial charge on any atom is -0.352 e. The van der Waals surface area contributed by atoms with Crippen molar-refractivity contribution < 1.29 is 4.79 Å². The molecular formula is C17H18BrNO. The fourth-order valence-corrected chi connectivity index (χ4v) is 2.22. The molecule has 0 bridgehead atoms. The molecule has 0 unspecified atom stereocenters. The van der Waals surface area contributed by atoms with Gasteiger partial charge in [-0.25, -0.2) is 0 Å². The van der Waals surface area contributed by atoms with Crippen LogP contribution in [0.1, 0.15) is 27.9 Å². The Balaban J connectivity index is 1.74. The van der Waals surface area contributed by atoms with Crippen LogP contribution in [0.2, 0.25) is 0 Å². The molecule has 3 heteroatoms. The average Bonchev–Trinajstić information content (AvgIpc) is 2.46. The van der Waals surface area contributed by atoms with Gasteiger partial charge in [-0.1, -0.05) is 45.8 Å². The Bertz CT molecular complexity index is 561. The molecule has 0 aromatic heterocycles. The SMILES string of the molecule is Cc1ccc(CCCNC(=O)c2ccc(Br)cc2)cc1. The average molecular weight is 332 g/mol. The topological polar surface area (TPSA) is 29.1 Å². The van der Waals surface area contributed by atoms with Crippen LogP contribution in [0.5, 0.6) is 0 Å². The third-order valence-electron chi connectivity index (χ3n) is 3.15. The molecule has 0 aliphatic carbocycles. The van der Waals surface area contributed by atoms with Crippen LogP contribution >= 0.6 is 15.9 Å². The highest BCUT2D eigenvalue weighted by molar-refractivity contribution is 9.10. The fraction of sp³-hybridized carbons (Fsp3) is 0.235. The highest BCUT2D eigenvalue weighted by atomic mass is 79.9. The maximum absolute atomic E-state index is 11.9. The number of carbonyl (C=O) groups is 1. The first-order valence-electron chi connectivity index (χ1n) is 6.74. The Hall–Kier alpha value is -1.61. The minimum atomic E-state index is -0.0126. The highest BCUT2D eigenvalue weighted by Gasteiger charge is 2.03. The lowest BCUT2D eigenvalue weighted by molar-refractivity contribution is 0.0953. The van der Waals surface area contributed by atoms with Crippen LogP contribution < -0.4 is 5.32 Å². The molecule has 0 saturated carbocycles. The molecule has 0 aliphatic heterocycles. The summed E-state index contributed by atoms with van der Waals surface area (Å²) in [5, 5.41) is 2.95. The fourth-order valence-electron chi connectivity index (χ4n) is 1.95. The van der Waals surface area contributed by atoms with Gasteiger partial charge in [-0.3, -0.25) is 4.79 Å². The van der Waals surface area contributed by atoms with Gasteiger partial charge in [0.15, 0.2) is 0 Å². The van der Waals surface area contributed by atoms with Gasteiger partial charge in [0.25, 0.3) is 5.91 Å². The summed E-state index contributed by atoms with van der Waals surface area (Å²) in [6, 6.07) is 15.9. The standard InChI is InChI=1S/C17H18BrNO/c1-13-4-6-14(7-5-13)3-2-12-19-17(20)15-8-10-16(18)11-9-15/h4-11H,2-3,12H2,1H3,(H,19,20). The van der Waals surface area contributed by atoms with Gasteiger partial charge in [-0.15, -0.1) is 0 Å². The van der Waals surface area contributed by atoms with Gasteiger partial charge in [0.05, 0.1) is 0 Å². The number of benzene rings is 2. The maximum Gasteiger partial charge on any atom is 0.251 e. The van der Waals surface area contributed by atoms with Crippen molar-refractivity contribution in [1.29, 1.82) is 0 Å². The van der Waals surface area contributed by atoms with Gasteiger partial charge in [-0.2, -0.15) is 0 Å². The molecule has 2 nitrogen and oxygen atoms in total. The van der Waals surface area contributed by atoms with Crippen LogP contribution in [-0.2, 0) is 6.42 Å². The van der Waals surface area contributed by atoms with Crippen LogP contribution in [-0.4, -0.2) is 12.5 Å². The smallest absolute Gasteiger partial charge is 0.251 e. The second kappa shape index (κ2) is 7.25. The Labute approximate surface area is 128 Å². The van der Waals surface area contributed by atoms with Gasteiger partial charge in [0.1, 0.15) is 0 Å². The molecule has 0 fully saturated rings. The zero-order valence-electron chi connectivity index (χ0n) is 11.5. The van der Waals surface area contributed by atoms with Crippen molar-refractivity contribution in [3.63, 3.8) is 0 Å². The van der Waals surface area contributed by atoms with Crippen LogP contribution in [0.4, 0.5) is 0 Å². The van der Waals surface area contributed by atoms with Crippen molar-refractivity contribution in [2.75, 3.05) is 6.54 Å². The highest BCUT2D eigenvalue weighted by Crippen LogP contribution is 2.10. The van der Waals surface area contributed by atoms with E-state index in [1.165, 1.54) is 11.1 Å². The predicted octanol–water partition coefficient (Wildman–Crippen LogP) is 4.12. The molecule has 1 N–H and O–H groups in total. The monoisotopic (exact) mass is 331 g/mol. The summed E-state index contributed by atoms with van der Waals surface area (Å²) >= 11 is 3.36. The lowest BCUT2D eigenvalue weighted by atomic mass is 10.1. The number of hydrogen-bond donors (Lipinski definition) is 1. The summed E-state index contributed by atoms with van der Waals surface area (Å²) in [4.78, 5) is 11.9. The third-order valence-corrected chi connectivity index (χ3v) is 3.68. The van der Waals surface area contributed by atoms with Gasteiger partial charge in [-0.05, 0) is 49.6 Å². The van der Waals surface area contributed by atoms with E-state index in [0.717, 1.165) is 17.3 Å². The molecule has 2 aromatic rings. The van der Waals surface area contributed by atoms with E-state index in [1.807, 2.05) is 24.3 Å². The molecule has 104 valence electrons. The summed E-state index contributed by atoms with van der Waals surface area (Å²) in [6.45, 7) is 2.78. The minimum absolute atomic E-state index is 0.0126. The van der Waals surface area contributed by atoms with E-state index in [2.05, 4.69) is 52.4 Å². The van der Waals surface area contributed by atoms with Crippen LogP contribution in [0.15, 0.2) is 53.0 Å². The summed E-state index contributed by atoms with van der Waals surface area (Å²) in [5.74, 6) is -0.0126. The Kier molecular flexibility index (Phi) is 5.36. The van der Waals surface area contributed by atoms with Gasteiger partial charge >= 0.3 is 0 Å². The lowest BCUT2D eigenvalue weighted by Gasteiger charge is -2.06. The number of hydrogen-bond acceptors (Lipinski definition) is 1. The van der Waals surface area contributed by atoms with E-state index < -0.39 is 0 Å². The van der Waals surface area contributed by atoms with Gasteiger partial charge < -0.3 is 5.32 Å². The first-order valence-corrected chi connectivity index (χ1v) is 7.54. The molecule has 0 saturated heterocycles. The van der Waals surface area contributed by atoms with Crippen LogP contribution in [0.3, 0.4) is 0 Å². The normalized spacial score (nSPS) is 10.3. The molecule has 20 heavy (non-hydrogen) atoms. The number of amides is 1. The van der Waals surface area contributed by atoms with Gasteiger partial charge in [0, 0.05) is 16.6 Å². The molecule has 0 spiro atoms. The molecule has 1 amide bonds. The number of aryl methyl sites for hydroxylation is 2. The first kappa shape index (κ1) is 14.8. The van der Waals surface area contributed by atoms with E-state index in [4.69, 9.17) is 0 Å². The second-order valence-electron chi connectivity index (χ2n) is 4.85. The number of rotatable bonds is 5. The maximum atomic E-state index is 11.9.